The van der Waals surface area contributed by atoms with Gasteiger partial charge in [0, 0.05) is 11.8 Å². The molecule has 0 radical (unpaired) electrons. The Bertz CT molecular complexity index is 296. The van der Waals surface area contributed by atoms with E-state index in [1.165, 1.54) is 6.07 Å². The van der Waals surface area contributed by atoms with Crippen LogP contribution < -0.4 is 0 Å². The van der Waals surface area contributed by atoms with Gasteiger partial charge in [-0.1, -0.05) is 0 Å². The highest BCUT2D eigenvalue weighted by Crippen LogP contribution is 2.21. The lowest BCUT2D eigenvalue weighted by Gasteiger charge is -2.01. The van der Waals surface area contributed by atoms with Gasteiger partial charge in [0.1, 0.15) is 11.6 Å². The number of hydrogen-bond acceptors (Lipinski definition) is 2. The monoisotopic (exact) mass is 153 g/mol. The molecule has 0 aliphatic carbocycles. The van der Waals surface area contributed by atoms with Crippen LogP contribution in [0.5, 0.6) is 5.75 Å². The van der Waals surface area contributed by atoms with Gasteiger partial charge in [0.05, 0.1) is 0 Å². The smallest absolute Gasteiger partial charge is 0.127 e. The van der Waals surface area contributed by atoms with E-state index in [1.807, 2.05) is 0 Å². The van der Waals surface area contributed by atoms with E-state index in [1.54, 1.807) is 6.92 Å². The first kappa shape index (κ1) is 7.72. The Morgan fingerprint density at radius 1 is 1.55 bits per heavy atom. The highest BCUT2D eigenvalue weighted by Gasteiger charge is 2.03. The van der Waals surface area contributed by atoms with Crippen molar-refractivity contribution in [2.24, 2.45) is 0 Å². The van der Waals surface area contributed by atoms with Gasteiger partial charge in [-0.25, -0.2) is 4.39 Å². The van der Waals surface area contributed by atoms with Crippen LogP contribution in [0.25, 0.3) is 0 Å². The molecule has 1 aromatic rings. The quantitative estimate of drug-likeness (QED) is 0.594. The van der Waals surface area contributed by atoms with Gasteiger partial charge in [0.25, 0.3) is 0 Å². The third-order valence-electron chi connectivity index (χ3n) is 1.45. The van der Waals surface area contributed by atoms with Crippen molar-refractivity contribution in [3.8, 4) is 5.75 Å². The molecule has 58 valence electrons. The summed E-state index contributed by atoms with van der Waals surface area (Å²) in [6.07, 6.45) is 0.922. The van der Waals surface area contributed by atoms with Crippen LogP contribution in [0, 0.1) is 18.2 Å². The van der Waals surface area contributed by atoms with Crippen molar-refractivity contribution in [1.82, 2.24) is 0 Å². The molecule has 0 heterocycles. The van der Waals surface area contributed by atoms with Crippen molar-refractivity contribution in [2.75, 3.05) is 0 Å². The van der Waals surface area contributed by atoms with Gasteiger partial charge in [0.2, 0.25) is 0 Å². The first-order valence-electron chi connectivity index (χ1n) is 3.14. The van der Waals surface area contributed by atoms with Gasteiger partial charge in [-0.3, -0.25) is 0 Å². The SMILES string of the molecule is Cc1cc(F)cc(C=N)c1O. The highest BCUT2D eigenvalue weighted by molar-refractivity contribution is 5.81. The summed E-state index contributed by atoms with van der Waals surface area (Å²) in [5, 5.41) is 16.0. The average molecular weight is 153 g/mol. The lowest BCUT2D eigenvalue weighted by atomic mass is 10.1. The van der Waals surface area contributed by atoms with Gasteiger partial charge in [-0.2, -0.15) is 0 Å². The molecule has 0 spiro atoms. The normalized spacial score (nSPS) is 9.64. The summed E-state index contributed by atoms with van der Waals surface area (Å²) in [5.74, 6) is -0.458. The summed E-state index contributed by atoms with van der Waals surface area (Å²) in [4.78, 5) is 0. The summed E-state index contributed by atoms with van der Waals surface area (Å²) in [6, 6.07) is 2.34. The predicted molar refractivity (Wildman–Crippen MR) is 40.7 cm³/mol. The minimum absolute atomic E-state index is 0.0265. The molecule has 0 atom stereocenters. The number of halogens is 1. The van der Waals surface area contributed by atoms with Crippen LogP contribution in [0.4, 0.5) is 4.39 Å². The molecule has 0 unspecified atom stereocenters. The predicted octanol–water partition coefficient (Wildman–Crippen LogP) is 1.84. The fraction of sp³-hybridized carbons (Fsp3) is 0.125. The molecule has 1 aromatic carbocycles. The second-order valence-electron chi connectivity index (χ2n) is 2.30. The van der Waals surface area contributed by atoms with E-state index in [0.717, 1.165) is 12.3 Å². The fourth-order valence-electron chi connectivity index (χ4n) is 0.871. The Labute approximate surface area is 63.8 Å². The summed E-state index contributed by atoms with van der Waals surface area (Å²) in [5.41, 5.74) is 0.658. The Morgan fingerprint density at radius 3 is 2.73 bits per heavy atom. The van der Waals surface area contributed by atoms with Crippen molar-refractivity contribution >= 4 is 6.21 Å². The molecule has 0 bridgehead atoms. The molecule has 1 rings (SSSR count). The van der Waals surface area contributed by atoms with Crippen LogP contribution >= 0.6 is 0 Å². The number of aryl methyl sites for hydroxylation is 1. The molecule has 2 nitrogen and oxygen atoms in total. The van der Waals surface area contributed by atoms with Crippen LogP contribution in [-0.4, -0.2) is 11.3 Å². The maximum atomic E-state index is 12.6. The molecule has 11 heavy (non-hydrogen) atoms. The average Bonchev–Trinajstić information content (AvgIpc) is 1.96. The number of hydrogen-bond donors (Lipinski definition) is 2. The molecule has 2 N–H and O–H groups in total. The minimum atomic E-state index is -0.432. The van der Waals surface area contributed by atoms with Gasteiger partial charge >= 0.3 is 0 Å². The van der Waals surface area contributed by atoms with Crippen molar-refractivity contribution in [3.05, 3.63) is 29.1 Å². The maximum absolute atomic E-state index is 12.6. The number of phenolic OH excluding ortho intramolecular Hbond substituents is 1. The lowest BCUT2D eigenvalue weighted by molar-refractivity contribution is 0.467. The fourth-order valence-corrected chi connectivity index (χ4v) is 0.871. The molecular formula is C8H8FNO. The second kappa shape index (κ2) is 2.70. The number of phenols is 1. The topological polar surface area (TPSA) is 44.1 Å². The third kappa shape index (κ3) is 1.37. The molecule has 0 aliphatic rings. The van der Waals surface area contributed by atoms with Crippen LogP contribution in [-0.2, 0) is 0 Å². The van der Waals surface area contributed by atoms with Gasteiger partial charge in [-0.15, -0.1) is 0 Å². The zero-order valence-electron chi connectivity index (χ0n) is 6.06. The zero-order chi connectivity index (χ0) is 8.43. The van der Waals surface area contributed by atoms with Crippen LogP contribution in [0.1, 0.15) is 11.1 Å². The molecule has 0 aliphatic heterocycles. The molecular weight excluding hydrogens is 145 g/mol. The van der Waals surface area contributed by atoms with E-state index in [9.17, 15) is 9.50 Å². The molecule has 0 saturated heterocycles. The summed E-state index contributed by atoms with van der Waals surface area (Å²) in [7, 11) is 0. The Morgan fingerprint density at radius 2 is 2.18 bits per heavy atom. The van der Waals surface area contributed by atoms with Crippen molar-refractivity contribution in [3.63, 3.8) is 0 Å². The maximum Gasteiger partial charge on any atom is 0.127 e. The van der Waals surface area contributed by atoms with E-state index < -0.39 is 5.82 Å². The molecule has 0 fully saturated rings. The number of aromatic hydroxyl groups is 1. The minimum Gasteiger partial charge on any atom is -0.507 e. The Balaban J connectivity index is 3.35. The van der Waals surface area contributed by atoms with Crippen LogP contribution in [0.15, 0.2) is 12.1 Å². The first-order valence-corrected chi connectivity index (χ1v) is 3.14. The molecule has 3 heteroatoms. The van der Waals surface area contributed by atoms with E-state index in [4.69, 9.17) is 5.41 Å². The number of benzene rings is 1. The van der Waals surface area contributed by atoms with Gasteiger partial charge in [-0.05, 0) is 24.6 Å². The first-order chi connectivity index (χ1) is 5.15. The van der Waals surface area contributed by atoms with E-state index in [0.29, 0.717) is 5.56 Å². The Kier molecular flexibility index (Phi) is 1.89. The zero-order valence-corrected chi connectivity index (χ0v) is 6.06. The summed E-state index contributed by atoms with van der Waals surface area (Å²) in [6.45, 7) is 1.59. The van der Waals surface area contributed by atoms with Crippen LogP contribution in [0.2, 0.25) is 0 Å². The van der Waals surface area contributed by atoms with Gasteiger partial charge in [0.15, 0.2) is 0 Å². The van der Waals surface area contributed by atoms with Crippen molar-refractivity contribution in [2.45, 2.75) is 6.92 Å². The van der Waals surface area contributed by atoms with E-state index in [-0.39, 0.29) is 11.3 Å². The molecule has 0 amide bonds. The highest BCUT2D eigenvalue weighted by atomic mass is 19.1. The van der Waals surface area contributed by atoms with Gasteiger partial charge < -0.3 is 10.5 Å². The number of nitrogens with one attached hydrogen (secondary N) is 1. The largest absolute Gasteiger partial charge is 0.507 e. The van der Waals surface area contributed by atoms with Crippen molar-refractivity contribution in [1.29, 1.82) is 5.41 Å². The third-order valence-corrected chi connectivity index (χ3v) is 1.45. The van der Waals surface area contributed by atoms with Crippen molar-refractivity contribution < 1.29 is 9.50 Å². The standard InChI is InChI=1S/C8H8FNO/c1-5-2-7(9)3-6(4-10)8(5)11/h2-4,10-11H,1H3. The summed E-state index contributed by atoms with van der Waals surface area (Å²) < 4.78 is 12.6. The van der Waals surface area contributed by atoms with Crippen LogP contribution in [0.3, 0.4) is 0 Å². The second-order valence-corrected chi connectivity index (χ2v) is 2.30. The van der Waals surface area contributed by atoms with E-state index in [2.05, 4.69) is 0 Å². The Hall–Kier alpha value is -1.38. The lowest BCUT2D eigenvalue weighted by Crippen LogP contribution is -1.87. The van der Waals surface area contributed by atoms with E-state index >= 15 is 0 Å². The number of rotatable bonds is 1. The molecule has 0 aromatic heterocycles. The summed E-state index contributed by atoms with van der Waals surface area (Å²) >= 11 is 0. The molecule has 0 saturated carbocycles.